The topological polar surface area (TPSA) is 52.6 Å². The molecule has 2 atom stereocenters. The minimum Gasteiger partial charge on any atom is -0.481 e. The SMILES string of the molecule is O=C(O)C1CC(NC2CCCC2)CN(c2ccccc2)C1. The van der Waals surface area contributed by atoms with Gasteiger partial charge in [0.05, 0.1) is 5.92 Å². The summed E-state index contributed by atoms with van der Waals surface area (Å²) in [5.74, 6) is -0.952. The van der Waals surface area contributed by atoms with Gasteiger partial charge >= 0.3 is 5.97 Å². The number of hydrogen-bond donors (Lipinski definition) is 2. The molecule has 4 nitrogen and oxygen atoms in total. The number of nitrogens with zero attached hydrogens (tertiary/aromatic N) is 1. The second-order valence-electron chi connectivity index (χ2n) is 6.36. The first kappa shape index (κ1) is 14.4. The van der Waals surface area contributed by atoms with Gasteiger partial charge in [-0.05, 0) is 31.4 Å². The Morgan fingerprint density at radius 1 is 1.10 bits per heavy atom. The number of benzene rings is 1. The summed E-state index contributed by atoms with van der Waals surface area (Å²) in [6, 6.07) is 11.0. The third-order valence-corrected chi connectivity index (χ3v) is 4.75. The van der Waals surface area contributed by atoms with Gasteiger partial charge < -0.3 is 15.3 Å². The van der Waals surface area contributed by atoms with Gasteiger partial charge in [0.15, 0.2) is 0 Å². The van der Waals surface area contributed by atoms with E-state index in [1.165, 1.54) is 25.7 Å². The number of anilines is 1. The van der Waals surface area contributed by atoms with Crippen LogP contribution in [0, 0.1) is 5.92 Å². The molecule has 1 heterocycles. The Morgan fingerprint density at radius 3 is 2.48 bits per heavy atom. The van der Waals surface area contributed by atoms with E-state index in [1.807, 2.05) is 18.2 Å². The van der Waals surface area contributed by atoms with Crippen LogP contribution in [0.4, 0.5) is 5.69 Å². The molecule has 0 aromatic heterocycles. The molecule has 1 aromatic carbocycles. The number of carbonyl (C=O) groups is 1. The van der Waals surface area contributed by atoms with E-state index in [9.17, 15) is 9.90 Å². The third kappa shape index (κ3) is 3.56. The van der Waals surface area contributed by atoms with Crippen LogP contribution in [0.1, 0.15) is 32.1 Å². The number of piperidine rings is 1. The third-order valence-electron chi connectivity index (χ3n) is 4.75. The largest absolute Gasteiger partial charge is 0.481 e. The van der Waals surface area contributed by atoms with Gasteiger partial charge in [-0.25, -0.2) is 0 Å². The lowest BCUT2D eigenvalue weighted by atomic mass is 9.93. The van der Waals surface area contributed by atoms with Gasteiger partial charge in [-0.1, -0.05) is 31.0 Å². The number of aliphatic carboxylic acids is 1. The second-order valence-corrected chi connectivity index (χ2v) is 6.36. The summed E-state index contributed by atoms with van der Waals surface area (Å²) in [6.45, 7) is 1.52. The van der Waals surface area contributed by atoms with Crippen molar-refractivity contribution in [3.05, 3.63) is 30.3 Å². The molecule has 0 spiro atoms. The van der Waals surface area contributed by atoms with Crippen molar-refractivity contribution in [1.82, 2.24) is 5.32 Å². The first-order chi connectivity index (χ1) is 10.2. The molecule has 114 valence electrons. The maximum absolute atomic E-state index is 11.5. The predicted molar refractivity (Wildman–Crippen MR) is 83.6 cm³/mol. The standard InChI is InChI=1S/C17H24N2O2/c20-17(21)13-10-15(18-14-6-4-5-7-14)12-19(11-13)16-8-2-1-3-9-16/h1-3,8-9,13-15,18H,4-7,10-12H2,(H,20,21). The molecule has 2 N–H and O–H groups in total. The first-order valence-electron chi connectivity index (χ1n) is 8.01. The molecule has 21 heavy (non-hydrogen) atoms. The molecule has 2 unspecified atom stereocenters. The van der Waals surface area contributed by atoms with Gasteiger partial charge in [0.25, 0.3) is 0 Å². The molecule has 4 heteroatoms. The van der Waals surface area contributed by atoms with E-state index in [2.05, 4.69) is 22.3 Å². The van der Waals surface area contributed by atoms with E-state index in [0.29, 0.717) is 12.6 Å². The van der Waals surface area contributed by atoms with E-state index in [4.69, 9.17) is 0 Å². The van der Waals surface area contributed by atoms with Crippen molar-refractivity contribution in [3.63, 3.8) is 0 Å². The molecule has 2 fully saturated rings. The fraction of sp³-hybridized carbons (Fsp3) is 0.588. The highest BCUT2D eigenvalue weighted by atomic mass is 16.4. The quantitative estimate of drug-likeness (QED) is 0.894. The van der Waals surface area contributed by atoms with E-state index < -0.39 is 5.97 Å². The zero-order valence-corrected chi connectivity index (χ0v) is 12.4. The maximum atomic E-state index is 11.5. The van der Waals surface area contributed by atoms with E-state index in [1.54, 1.807) is 0 Å². The normalized spacial score (nSPS) is 27.0. The van der Waals surface area contributed by atoms with Crippen LogP contribution in [-0.4, -0.2) is 36.2 Å². The van der Waals surface area contributed by atoms with Crippen molar-refractivity contribution in [2.45, 2.75) is 44.2 Å². The van der Waals surface area contributed by atoms with Crippen molar-refractivity contribution in [2.24, 2.45) is 5.92 Å². The monoisotopic (exact) mass is 288 g/mol. The number of para-hydroxylation sites is 1. The Labute approximate surface area is 126 Å². The van der Waals surface area contributed by atoms with Crippen molar-refractivity contribution < 1.29 is 9.90 Å². The molecule has 1 aliphatic heterocycles. The van der Waals surface area contributed by atoms with E-state index >= 15 is 0 Å². The van der Waals surface area contributed by atoms with Gasteiger partial charge in [0, 0.05) is 30.9 Å². The maximum Gasteiger partial charge on any atom is 0.308 e. The lowest BCUT2D eigenvalue weighted by molar-refractivity contribution is -0.142. The van der Waals surface area contributed by atoms with Crippen LogP contribution < -0.4 is 10.2 Å². The smallest absolute Gasteiger partial charge is 0.308 e. The molecular weight excluding hydrogens is 264 g/mol. The summed E-state index contributed by atoms with van der Waals surface area (Å²) in [4.78, 5) is 13.7. The fourth-order valence-electron chi connectivity index (χ4n) is 3.67. The van der Waals surface area contributed by atoms with Crippen molar-refractivity contribution >= 4 is 11.7 Å². The van der Waals surface area contributed by atoms with Crippen LogP contribution >= 0.6 is 0 Å². The summed E-state index contributed by atoms with van der Waals surface area (Å²) >= 11 is 0. The van der Waals surface area contributed by atoms with Gasteiger partial charge in [-0.15, -0.1) is 0 Å². The Kier molecular flexibility index (Phi) is 4.44. The lowest BCUT2D eigenvalue weighted by Gasteiger charge is -2.39. The number of carboxylic acids is 1. The molecule has 2 aliphatic rings. The molecule has 0 radical (unpaired) electrons. The van der Waals surface area contributed by atoms with Crippen LogP contribution in [0.2, 0.25) is 0 Å². The molecule has 1 aliphatic carbocycles. The van der Waals surface area contributed by atoms with Crippen LogP contribution in [0.25, 0.3) is 0 Å². The summed E-state index contributed by atoms with van der Waals surface area (Å²) in [5.41, 5.74) is 1.13. The van der Waals surface area contributed by atoms with E-state index in [-0.39, 0.29) is 12.0 Å². The molecular formula is C17H24N2O2. The van der Waals surface area contributed by atoms with Gasteiger partial charge in [0.1, 0.15) is 0 Å². The van der Waals surface area contributed by atoms with Gasteiger partial charge in [-0.2, -0.15) is 0 Å². The number of carboxylic acid groups (broad SMARTS) is 1. The minimum atomic E-state index is -0.672. The van der Waals surface area contributed by atoms with Crippen molar-refractivity contribution in [1.29, 1.82) is 0 Å². The number of hydrogen-bond acceptors (Lipinski definition) is 3. The second kappa shape index (κ2) is 6.48. The summed E-state index contributed by atoms with van der Waals surface area (Å²) in [7, 11) is 0. The van der Waals surface area contributed by atoms with Crippen molar-refractivity contribution in [2.75, 3.05) is 18.0 Å². The van der Waals surface area contributed by atoms with Crippen LogP contribution in [0.3, 0.4) is 0 Å². The summed E-state index contributed by atoms with van der Waals surface area (Å²) in [6.07, 6.45) is 5.82. The van der Waals surface area contributed by atoms with Crippen molar-refractivity contribution in [3.8, 4) is 0 Å². The molecule has 1 saturated carbocycles. The molecule has 0 amide bonds. The highest BCUT2D eigenvalue weighted by molar-refractivity contribution is 5.71. The Bertz CT molecular complexity index is 471. The highest BCUT2D eigenvalue weighted by Crippen LogP contribution is 2.25. The Hall–Kier alpha value is -1.55. The number of nitrogens with one attached hydrogen (secondary N) is 1. The zero-order chi connectivity index (χ0) is 14.7. The average Bonchev–Trinajstić information content (AvgIpc) is 3.01. The molecule has 1 aromatic rings. The minimum absolute atomic E-state index is 0.280. The summed E-state index contributed by atoms with van der Waals surface area (Å²) < 4.78 is 0. The van der Waals surface area contributed by atoms with Crippen LogP contribution in [0.5, 0.6) is 0 Å². The molecule has 1 saturated heterocycles. The molecule has 0 bridgehead atoms. The lowest BCUT2D eigenvalue weighted by Crippen LogP contribution is -2.53. The Balaban J connectivity index is 1.70. The zero-order valence-electron chi connectivity index (χ0n) is 12.4. The van der Waals surface area contributed by atoms with Gasteiger partial charge in [0.2, 0.25) is 0 Å². The van der Waals surface area contributed by atoms with Crippen LogP contribution in [0.15, 0.2) is 30.3 Å². The molecule has 3 rings (SSSR count). The van der Waals surface area contributed by atoms with Crippen LogP contribution in [-0.2, 0) is 4.79 Å². The highest BCUT2D eigenvalue weighted by Gasteiger charge is 2.33. The van der Waals surface area contributed by atoms with E-state index in [0.717, 1.165) is 18.7 Å². The van der Waals surface area contributed by atoms with Gasteiger partial charge in [-0.3, -0.25) is 4.79 Å². The fourth-order valence-corrected chi connectivity index (χ4v) is 3.67. The number of rotatable bonds is 4. The summed E-state index contributed by atoms with van der Waals surface area (Å²) in [5, 5.41) is 13.1. The predicted octanol–water partition coefficient (Wildman–Crippen LogP) is 2.50. The first-order valence-corrected chi connectivity index (χ1v) is 8.01. The Morgan fingerprint density at radius 2 is 1.81 bits per heavy atom. The average molecular weight is 288 g/mol.